The van der Waals surface area contributed by atoms with Gasteiger partial charge in [-0.2, -0.15) is 0 Å². The van der Waals surface area contributed by atoms with Gasteiger partial charge in [-0.15, -0.1) is 0 Å². The highest BCUT2D eigenvalue weighted by Gasteiger charge is 2.30. The van der Waals surface area contributed by atoms with E-state index in [1.807, 2.05) is 18.2 Å². The highest BCUT2D eigenvalue weighted by molar-refractivity contribution is 6.31. The molecule has 1 saturated heterocycles. The van der Waals surface area contributed by atoms with Crippen LogP contribution in [0.1, 0.15) is 6.42 Å². The molecule has 0 N–H and O–H groups in total. The minimum atomic E-state index is 0.0317. The van der Waals surface area contributed by atoms with E-state index in [1.165, 1.54) is 0 Å². The van der Waals surface area contributed by atoms with Crippen molar-refractivity contribution in [1.29, 1.82) is 0 Å². The summed E-state index contributed by atoms with van der Waals surface area (Å²) >= 11 is 6.08. The molecule has 0 bridgehead atoms. The maximum atomic E-state index is 12.1. The van der Waals surface area contributed by atoms with Gasteiger partial charge in [-0.1, -0.05) is 11.6 Å². The first-order chi connectivity index (χ1) is 10.1. The second kappa shape index (κ2) is 5.48. The van der Waals surface area contributed by atoms with E-state index >= 15 is 0 Å². The van der Waals surface area contributed by atoms with Crippen molar-refractivity contribution in [3.63, 3.8) is 0 Å². The molecule has 0 saturated carbocycles. The average Bonchev–Trinajstić information content (AvgIpc) is 2.95. The zero-order valence-electron chi connectivity index (χ0n) is 12.1. The Hall–Kier alpha value is -1.88. The van der Waals surface area contributed by atoms with Crippen molar-refractivity contribution < 1.29 is 4.79 Å². The Morgan fingerprint density at radius 2 is 2.19 bits per heavy atom. The van der Waals surface area contributed by atoms with Crippen LogP contribution in [0.15, 0.2) is 24.5 Å². The van der Waals surface area contributed by atoms with E-state index in [2.05, 4.69) is 14.9 Å². The third kappa shape index (κ3) is 2.65. The van der Waals surface area contributed by atoms with Crippen LogP contribution >= 0.6 is 11.6 Å². The maximum absolute atomic E-state index is 12.1. The van der Waals surface area contributed by atoms with Crippen LogP contribution in [-0.2, 0) is 4.79 Å². The molecule has 1 aliphatic rings. The number of benzene rings is 1. The number of fused-ring (bicyclic) bond motifs is 1. The lowest BCUT2D eigenvalue weighted by atomic mass is 10.1. The van der Waals surface area contributed by atoms with E-state index in [1.54, 1.807) is 25.3 Å². The van der Waals surface area contributed by atoms with Gasteiger partial charge in [0.2, 0.25) is 5.91 Å². The average molecular weight is 305 g/mol. The summed E-state index contributed by atoms with van der Waals surface area (Å²) < 4.78 is 0. The van der Waals surface area contributed by atoms with Crippen molar-refractivity contribution in [2.45, 2.75) is 6.42 Å². The van der Waals surface area contributed by atoms with Crippen LogP contribution in [-0.4, -0.2) is 48.0 Å². The fourth-order valence-electron chi connectivity index (χ4n) is 2.79. The lowest BCUT2D eigenvalue weighted by molar-refractivity contribution is -0.132. The van der Waals surface area contributed by atoms with E-state index < -0.39 is 0 Å². The van der Waals surface area contributed by atoms with Gasteiger partial charge >= 0.3 is 0 Å². The van der Waals surface area contributed by atoms with Crippen molar-refractivity contribution in [3.05, 3.63) is 29.5 Å². The molecule has 1 amide bonds. The number of amides is 1. The first kappa shape index (κ1) is 14.1. The number of aromatic nitrogens is 2. The minimum Gasteiger partial charge on any atom is -0.355 e. The minimum absolute atomic E-state index is 0.0317. The van der Waals surface area contributed by atoms with Crippen molar-refractivity contribution in [2.75, 3.05) is 32.1 Å². The van der Waals surface area contributed by atoms with Crippen molar-refractivity contribution in [3.8, 4) is 0 Å². The van der Waals surface area contributed by atoms with Crippen molar-refractivity contribution in [2.24, 2.45) is 5.92 Å². The molecule has 1 unspecified atom stereocenters. The summed E-state index contributed by atoms with van der Waals surface area (Å²) in [5.74, 6) is 1.06. The van der Waals surface area contributed by atoms with Crippen LogP contribution in [0.25, 0.3) is 10.9 Å². The summed E-state index contributed by atoms with van der Waals surface area (Å²) in [6.45, 7) is 1.51. The second-order valence-corrected chi connectivity index (χ2v) is 5.96. The molecule has 1 fully saturated rings. The van der Waals surface area contributed by atoms with Gasteiger partial charge in [0.05, 0.1) is 11.4 Å². The van der Waals surface area contributed by atoms with E-state index in [0.717, 1.165) is 29.7 Å². The van der Waals surface area contributed by atoms with E-state index in [0.29, 0.717) is 11.6 Å². The van der Waals surface area contributed by atoms with Gasteiger partial charge in [0.15, 0.2) is 0 Å². The molecular weight excluding hydrogens is 288 g/mol. The molecule has 0 spiro atoms. The first-order valence-corrected chi connectivity index (χ1v) is 7.30. The molecule has 1 aliphatic heterocycles. The molecular formula is C15H17ClN4O. The fraction of sp³-hybridized carbons (Fsp3) is 0.400. The summed E-state index contributed by atoms with van der Waals surface area (Å²) in [5.41, 5.74) is 0.867. The molecule has 1 aromatic carbocycles. The standard InChI is InChI=1S/C15H17ClN4O/c1-19(2)15(21)10-5-6-20(8-10)14-12-7-11(16)3-4-13(12)17-9-18-14/h3-4,7,9-10H,5-6,8H2,1-2H3. The third-order valence-corrected chi connectivity index (χ3v) is 4.09. The molecule has 1 atom stereocenters. The molecule has 21 heavy (non-hydrogen) atoms. The molecule has 110 valence electrons. The maximum Gasteiger partial charge on any atom is 0.227 e. The van der Waals surface area contributed by atoms with E-state index in [-0.39, 0.29) is 11.8 Å². The van der Waals surface area contributed by atoms with Crippen LogP contribution in [0, 0.1) is 5.92 Å². The SMILES string of the molecule is CN(C)C(=O)C1CCN(c2ncnc3ccc(Cl)cc23)C1. The number of halogens is 1. The summed E-state index contributed by atoms with van der Waals surface area (Å²) in [6.07, 6.45) is 2.41. The Bertz CT molecular complexity index is 688. The van der Waals surface area contributed by atoms with Crippen LogP contribution in [0.3, 0.4) is 0 Å². The van der Waals surface area contributed by atoms with Gasteiger partial charge < -0.3 is 9.80 Å². The van der Waals surface area contributed by atoms with E-state index in [4.69, 9.17) is 11.6 Å². The van der Waals surface area contributed by atoms with Crippen LogP contribution in [0.4, 0.5) is 5.82 Å². The van der Waals surface area contributed by atoms with Crippen LogP contribution < -0.4 is 4.90 Å². The molecule has 5 nitrogen and oxygen atoms in total. The smallest absolute Gasteiger partial charge is 0.227 e. The predicted molar refractivity (Wildman–Crippen MR) is 83.6 cm³/mol. The van der Waals surface area contributed by atoms with Crippen molar-refractivity contribution >= 4 is 34.2 Å². The number of carbonyl (C=O) groups is 1. The highest BCUT2D eigenvalue weighted by atomic mass is 35.5. The Morgan fingerprint density at radius 3 is 2.95 bits per heavy atom. The third-order valence-electron chi connectivity index (χ3n) is 3.85. The summed E-state index contributed by atoms with van der Waals surface area (Å²) in [6, 6.07) is 5.59. The van der Waals surface area contributed by atoms with Gasteiger partial charge in [-0.3, -0.25) is 4.79 Å². The molecule has 2 heterocycles. The fourth-order valence-corrected chi connectivity index (χ4v) is 2.96. The van der Waals surface area contributed by atoms with Gasteiger partial charge in [0.1, 0.15) is 12.1 Å². The number of hydrogen-bond acceptors (Lipinski definition) is 4. The zero-order chi connectivity index (χ0) is 15.0. The number of rotatable bonds is 2. The Morgan fingerprint density at radius 1 is 1.38 bits per heavy atom. The van der Waals surface area contributed by atoms with Gasteiger partial charge in [-0.05, 0) is 24.6 Å². The molecule has 2 aromatic rings. The monoisotopic (exact) mass is 304 g/mol. The van der Waals surface area contributed by atoms with Gasteiger partial charge in [0.25, 0.3) is 0 Å². The van der Waals surface area contributed by atoms with Crippen molar-refractivity contribution in [1.82, 2.24) is 14.9 Å². The Labute approximate surface area is 128 Å². The summed E-state index contributed by atoms with van der Waals surface area (Å²) in [4.78, 5) is 24.6. The quantitative estimate of drug-likeness (QED) is 0.853. The number of carbonyl (C=O) groups excluding carboxylic acids is 1. The second-order valence-electron chi connectivity index (χ2n) is 5.52. The lowest BCUT2D eigenvalue weighted by Gasteiger charge is -2.20. The largest absolute Gasteiger partial charge is 0.355 e. The molecule has 0 aliphatic carbocycles. The first-order valence-electron chi connectivity index (χ1n) is 6.92. The number of nitrogens with zero attached hydrogens (tertiary/aromatic N) is 4. The number of anilines is 1. The topological polar surface area (TPSA) is 49.3 Å². The Balaban J connectivity index is 1.92. The lowest BCUT2D eigenvalue weighted by Crippen LogP contribution is -2.32. The molecule has 1 aromatic heterocycles. The number of hydrogen-bond donors (Lipinski definition) is 0. The molecule has 0 radical (unpaired) electrons. The predicted octanol–water partition coefficient (Wildman–Crippen LogP) is 2.20. The van der Waals surface area contributed by atoms with Gasteiger partial charge in [0, 0.05) is 37.6 Å². The summed E-state index contributed by atoms with van der Waals surface area (Å²) in [7, 11) is 3.59. The molecule has 3 rings (SSSR count). The summed E-state index contributed by atoms with van der Waals surface area (Å²) in [5, 5.41) is 1.60. The van der Waals surface area contributed by atoms with Crippen LogP contribution in [0.2, 0.25) is 5.02 Å². The normalized spacial score (nSPS) is 18.2. The van der Waals surface area contributed by atoms with Gasteiger partial charge in [-0.25, -0.2) is 9.97 Å². The Kier molecular flexibility index (Phi) is 3.68. The van der Waals surface area contributed by atoms with E-state index in [9.17, 15) is 4.79 Å². The zero-order valence-corrected chi connectivity index (χ0v) is 12.8. The highest BCUT2D eigenvalue weighted by Crippen LogP contribution is 2.30. The van der Waals surface area contributed by atoms with Crippen LogP contribution in [0.5, 0.6) is 0 Å². The molecule has 6 heteroatoms.